The number of nitrogens with zero attached hydrogens (tertiary/aromatic N) is 2. The average molecular weight is 741 g/mol. The third kappa shape index (κ3) is 4.40. The highest BCUT2D eigenvalue weighted by Gasteiger charge is 2.23. The number of hydrogen-bond acceptors (Lipinski definition) is 2. The minimum atomic E-state index is 0.785. The molecular weight excluding hydrogens is 709 g/mol. The first kappa shape index (κ1) is 31.4. The van der Waals surface area contributed by atoms with Gasteiger partial charge in [0.25, 0.3) is 0 Å². The molecule has 13 aromatic rings. The molecule has 0 aliphatic heterocycles. The van der Waals surface area contributed by atoms with Gasteiger partial charge < -0.3 is 18.0 Å². The van der Waals surface area contributed by atoms with Gasteiger partial charge in [0.05, 0.1) is 27.8 Å². The monoisotopic (exact) mass is 740 g/mol. The lowest BCUT2D eigenvalue weighted by Crippen LogP contribution is -1.99. The van der Waals surface area contributed by atoms with Crippen LogP contribution in [0.5, 0.6) is 0 Å². The van der Waals surface area contributed by atoms with Crippen LogP contribution in [0, 0.1) is 0 Å². The maximum absolute atomic E-state index is 7.07. The molecule has 0 saturated heterocycles. The maximum atomic E-state index is 7.07. The molecule has 0 radical (unpaired) electrons. The highest BCUT2D eigenvalue weighted by atomic mass is 16.3. The number of benzene rings is 9. The SMILES string of the molecule is c1ccc(-c2cc(-c3ccccc3)c3oc4cc5oc6c(-n7c8ccccc8c8ccccc87)cc(-n7c8ccccc8c8ccccc87)cc6c5cc4c3c2)cc1. The summed E-state index contributed by atoms with van der Waals surface area (Å²) < 4.78 is 18.7. The highest BCUT2D eigenvalue weighted by Crippen LogP contribution is 2.45. The number of aromatic nitrogens is 2. The summed E-state index contributed by atoms with van der Waals surface area (Å²) in [6.45, 7) is 0. The number of fused-ring (bicyclic) bond motifs is 12. The Morgan fingerprint density at radius 3 is 1.33 bits per heavy atom. The predicted molar refractivity (Wildman–Crippen MR) is 241 cm³/mol. The van der Waals surface area contributed by atoms with Crippen molar-refractivity contribution in [1.29, 1.82) is 0 Å². The number of rotatable bonds is 4. The van der Waals surface area contributed by atoms with E-state index in [0.717, 1.165) is 99.6 Å². The fraction of sp³-hybridized carbons (Fsp3) is 0. The van der Waals surface area contributed by atoms with E-state index in [4.69, 9.17) is 8.83 Å². The Balaban J connectivity index is 1.17. The third-order valence-electron chi connectivity index (χ3n) is 12.1. The van der Waals surface area contributed by atoms with Gasteiger partial charge in [-0.15, -0.1) is 0 Å². The van der Waals surface area contributed by atoms with Crippen LogP contribution >= 0.6 is 0 Å². The van der Waals surface area contributed by atoms with Gasteiger partial charge in [0, 0.05) is 60.4 Å². The van der Waals surface area contributed by atoms with Crippen molar-refractivity contribution in [3.05, 3.63) is 194 Å². The van der Waals surface area contributed by atoms with Crippen LogP contribution in [-0.2, 0) is 0 Å². The van der Waals surface area contributed by atoms with Crippen molar-refractivity contribution in [2.45, 2.75) is 0 Å². The lowest BCUT2D eigenvalue weighted by molar-refractivity contribution is 0.655. The molecule has 4 heterocycles. The first-order valence-electron chi connectivity index (χ1n) is 19.8. The van der Waals surface area contributed by atoms with E-state index in [1.54, 1.807) is 0 Å². The molecule has 4 nitrogen and oxygen atoms in total. The fourth-order valence-corrected chi connectivity index (χ4v) is 9.52. The van der Waals surface area contributed by atoms with E-state index >= 15 is 0 Å². The van der Waals surface area contributed by atoms with Crippen LogP contribution in [0.4, 0.5) is 0 Å². The van der Waals surface area contributed by atoms with E-state index in [1.807, 2.05) is 0 Å². The van der Waals surface area contributed by atoms with Crippen LogP contribution in [0.2, 0.25) is 0 Å². The largest absolute Gasteiger partial charge is 0.455 e. The van der Waals surface area contributed by atoms with Gasteiger partial charge in [-0.2, -0.15) is 0 Å². The van der Waals surface area contributed by atoms with Gasteiger partial charge in [-0.3, -0.25) is 0 Å². The van der Waals surface area contributed by atoms with Crippen LogP contribution < -0.4 is 0 Å². The number of furan rings is 2. The second-order valence-corrected chi connectivity index (χ2v) is 15.3. The molecule has 4 aromatic heterocycles. The molecule has 9 aromatic carbocycles. The van der Waals surface area contributed by atoms with E-state index in [0.29, 0.717) is 0 Å². The summed E-state index contributed by atoms with van der Waals surface area (Å²) in [4.78, 5) is 0. The first-order valence-corrected chi connectivity index (χ1v) is 19.8. The summed E-state index contributed by atoms with van der Waals surface area (Å²) in [7, 11) is 0. The van der Waals surface area contributed by atoms with Gasteiger partial charge >= 0.3 is 0 Å². The Kier molecular flexibility index (Phi) is 6.41. The van der Waals surface area contributed by atoms with E-state index in [9.17, 15) is 0 Å². The van der Waals surface area contributed by atoms with Crippen LogP contribution in [0.1, 0.15) is 0 Å². The van der Waals surface area contributed by atoms with Gasteiger partial charge in [0.1, 0.15) is 16.7 Å². The third-order valence-corrected chi connectivity index (χ3v) is 12.1. The molecule has 270 valence electrons. The Hall–Kier alpha value is -7.82. The van der Waals surface area contributed by atoms with Crippen molar-refractivity contribution in [3.63, 3.8) is 0 Å². The molecule has 0 saturated carbocycles. The second kappa shape index (κ2) is 11.8. The summed E-state index contributed by atoms with van der Waals surface area (Å²) in [5.41, 5.74) is 14.4. The van der Waals surface area contributed by atoms with Gasteiger partial charge in [0.2, 0.25) is 0 Å². The molecule has 58 heavy (non-hydrogen) atoms. The Labute approximate surface area is 332 Å². The summed E-state index contributed by atoms with van der Waals surface area (Å²) >= 11 is 0. The zero-order valence-corrected chi connectivity index (χ0v) is 31.2. The average Bonchev–Trinajstić information content (AvgIpc) is 4.03. The van der Waals surface area contributed by atoms with Gasteiger partial charge in [0.15, 0.2) is 5.58 Å². The topological polar surface area (TPSA) is 36.1 Å². The van der Waals surface area contributed by atoms with Crippen molar-refractivity contribution in [1.82, 2.24) is 9.13 Å². The summed E-state index contributed by atoms with van der Waals surface area (Å²) in [5, 5.41) is 9.08. The van der Waals surface area contributed by atoms with Crippen molar-refractivity contribution >= 4 is 87.5 Å². The minimum Gasteiger partial charge on any atom is -0.455 e. The van der Waals surface area contributed by atoms with E-state index < -0.39 is 0 Å². The standard InChI is InChI=1S/C54H32N2O2/c1-3-15-33(16-4-1)35-27-41(34-17-5-2-6-18-34)53-44(28-35)42-31-43-45-29-36(55-46-23-11-7-19-37(46)38-20-8-12-24-47(38)55)30-50(54(45)58-52(43)32-51(42)57-53)56-48-25-13-9-21-39(48)40-22-10-14-26-49(40)56/h1-32H. The number of para-hydroxylation sites is 4. The zero-order chi connectivity index (χ0) is 37.9. The minimum absolute atomic E-state index is 0.785. The Morgan fingerprint density at radius 1 is 0.293 bits per heavy atom. The van der Waals surface area contributed by atoms with Crippen molar-refractivity contribution in [2.75, 3.05) is 0 Å². The van der Waals surface area contributed by atoms with Crippen LogP contribution in [0.3, 0.4) is 0 Å². The quantitative estimate of drug-likeness (QED) is 0.180. The smallest absolute Gasteiger partial charge is 0.159 e. The number of hydrogen-bond donors (Lipinski definition) is 0. The van der Waals surface area contributed by atoms with Crippen LogP contribution in [-0.4, -0.2) is 9.13 Å². The molecule has 0 spiro atoms. The molecule has 0 N–H and O–H groups in total. The molecule has 0 aliphatic carbocycles. The molecule has 13 rings (SSSR count). The maximum Gasteiger partial charge on any atom is 0.159 e. The molecule has 0 atom stereocenters. The molecule has 0 fully saturated rings. The van der Waals surface area contributed by atoms with Crippen LogP contribution in [0.25, 0.3) is 121 Å². The van der Waals surface area contributed by atoms with Gasteiger partial charge in [-0.1, -0.05) is 133 Å². The van der Waals surface area contributed by atoms with Crippen molar-refractivity contribution < 1.29 is 8.83 Å². The van der Waals surface area contributed by atoms with E-state index in [1.165, 1.54) is 21.5 Å². The van der Waals surface area contributed by atoms with Gasteiger partial charge in [-0.05, 0) is 71.3 Å². The summed E-state index contributed by atoms with van der Waals surface area (Å²) in [6, 6.07) is 69.4. The van der Waals surface area contributed by atoms with E-state index in [2.05, 4.69) is 203 Å². The summed E-state index contributed by atoms with van der Waals surface area (Å²) in [5.74, 6) is 0. The predicted octanol–water partition coefficient (Wildman–Crippen LogP) is 15.0. The molecule has 0 aliphatic rings. The lowest BCUT2D eigenvalue weighted by Gasteiger charge is -2.14. The fourth-order valence-electron chi connectivity index (χ4n) is 9.52. The van der Waals surface area contributed by atoms with Crippen molar-refractivity contribution in [2.24, 2.45) is 0 Å². The second-order valence-electron chi connectivity index (χ2n) is 15.3. The summed E-state index contributed by atoms with van der Waals surface area (Å²) in [6.07, 6.45) is 0. The van der Waals surface area contributed by atoms with E-state index in [-0.39, 0.29) is 0 Å². The lowest BCUT2D eigenvalue weighted by atomic mass is 9.95. The molecule has 0 bridgehead atoms. The Bertz CT molecular complexity index is 3680. The molecular formula is C54H32N2O2. The first-order chi connectivity index (χ1) is 28.8. The Morgan fingerprint density at radius 2 is 0.759 bits per heavy atom. The molecule has 4 heteroatoms. The van der Waals surface area contributed by atoms with Gasteiger partial charge in [-0.25, -0.2) is 0 Å². The molecule has 0 amide bonds. The zero-order valence-electron chi connectivity index (χ0n) is 31.2. The van der Waals surface area contributed by atoms with Crippen molar-refractivity contribution in [3.8, 4) is 33.6 Å². The molecule has 0 unspecified atom stereocenters. The van der Waals surface area contributed by atoms with Crippen LogP contribution in [0.15, 0.2) is 203 Å². The normalized spacial score (nSPS) is 12.1. The highest BCUT2D eigenvalue weighted by molar-refractivity contribution is 6.20.